The van der Waals surface area contributed by atoms with Crippen LogP contribution in [0, 0.1) is 18.3 Å². The summed E-state index contributed by atoms with van der Waals surface area (Å²) < 4.78 is 1.86. The van der Waals surface area contributed by atoms with Gasteiger partial charge in [0, 0.05) is 32.4 Å². The summed E-state index contributed by atoms with van der Waals surface area (Å²) in [7, 11) is 1.87. The summed E-state index contributed by atoms with van der Waals surface area (Å²) in [5.41, 5.74) is 2.76. The molecule has 0 saturated heterocycles. The van der Waals surface area contributed by atoms with E-state index >= 15 is 0 Å². The summed E-state index contributed by atoms with van der Waals surface area (Å²) in [5.74, 6) is 0.110. The van der Waals surface area contributed by atoms with Gasteiger partial charge in [0.15, 0.2) is 0 Å². The lowest BCUT2D eigenvalue weighted by atomic mass is 10.2. The van der Waals surface area contributed by atoms with E-state index in [1.165, 1.54) is 0 Å². The minimum atomic E-state index is 0.110. The monoisotopic (exact) mass is 262 g/mol. The third-order valence-corrected chi connectivity index (χ3v) is 3.46. The maximum absolute atomic E-state index is 11.8. The molecule has 0 aliphatic rings. The number of likely N-dealkylation sites (N-methyl/N-ethyl adjacent to an activating group) is 1. The van der Waals surface area contributed by atoms with Gasteiger partial charge in [0.25, 0.3) is 0 Å². The van der Waals surface area contributed by atoms with Crippen molar-refractivity contribution in [1.29, 1.82) is 5.26 Å². The van der Waals surface area contributed by atoms with Gasteiger partial charge in [0.2, 0.25) is 5.91 Å². The van der Waals surface area contributed by atoms with E-state index in [-0.39, 0.29) is 5.91 Å². The van der Waals surface area contributed by atoms with Gasteiger partial charge in [-0.3, -0.25) is 4.79 Å². The molecule has 0 spiro atoms. The van der Waals surface area contributed by atoms with E-state index in [2.05, 4.69) is 11.4 Å². The normalized spacial score (nSPS) is 10.3. The quantitative estimate of drug-likeness (QED) is 0.837. The third kappa shape index (κ3) is 3.58. The Morgan fingerprint density at radius 2 is 2.11 bits per heavy atom. The van der Waals surface area contributed by atoms with E-state index < -0.39 is 0 Å². The zero-order valence-electron chi connectivity index (χ0n) is 12.2. The van der Waals surface area contributed by atoms with Gasteiger partial charge in [0.1, 0.15) is 11.8 Å². The number of rotatable bonds is 6. The van der Waals surface area contributed by atoms with Crippen LogP contribution in [0.4, 0.5) is 0 Å². The number of amides is 1. The van der Waals surface area contributed by atoms with Crippen LogP contribution in [0.25, 0.3) is 0 Å². The fourth-order valence-electron chi connectivity index (χ4n) is 2.04. The highest BCUT2D eigenvalue weighted by Gasteiger charge is 2.11. The Kier molecular flexibility index (Phi) is 5.58. The fraction of sp³-hybridized carbons (Fsp3) is 0.571. The van der Waals surface area contributed by atoms with Crippen molar-refractivity contribution in [2.45, 2.75) is 27.3 Å². The molecule has 0 fully saturated rings. The maximum Gasteiger partial charge on any atom is 0.236 e. The molecule has 5 nitrogen and oxygen atoms in total. The molecule has 0 unspecified atom stereocenters. The smallest absolute Gasteiger partial charge is 0.236 e. The van der Waals surface area contributed by atoms with Crippen LogP contribution in [0.3, 0.4) is 0 Å². The number of hydrogen-bond donors (Lipinski definition) is 1. The Hall–Kier alpha value is -1.80. The lowest BCUT2D eigenvalue weighted by Gasteiger charge is -2.18. The van der Waals surface area contributed by atoms with E-state index in [1.54, 1.807) is 4.90 Å². The molecular weight excluding hydrogens is 240 g/mol. The second kappa shape index (κ2) is 6.95. The summed E-state index contributed by atoms with van der Waals surface area (Å²) in [6, 6.07) is 4.02. The van der Waals surface area contributed by atoms with E-state index in [1.807, 2.05) is 38.5 Å². The van der Waals surface area contributed by atoms with Crippen molar-refractivity contribution < 1.29 is 4.79 Å². The van der Waals surface area contributed by atoms with Crippen LogP contribution in [0.15, 0.2) is 6.07 Å². The molecule has 1 heterocycles. The van der Waals surface area contributed by atoms with Crippen LogP contribution in [0.2, 0.25) is 0 Å². The van der Waals surface area contributed by atoms with Crippen molar-refractivity contribution in [3.05, 3.63) is 23.0 Å². The van der Waals surface area contributed by atoms with Crippen LogP contribution >= 0.6 is 0 Å². The van der Waals surface area contributed by atoms with E-state index in [0.717, 1.165) is 24.3 Å². The second-order valence-corrected chi connectivity index (χ2v) is 4.48. The molecule has 1 aromatic heterocycles. The highest BCUT2D eigenvalue weighted by atomic mass is 16.2. The van der Waals surface area contributed by atoms with Gasteiger partial charge in [-0.2, -0.15) is 5.26 Å². The molecular formula is C14H22N4O. The zero-order valence-corrected chi connectivity index (χ0v) is 12.2. The third-order valence-electron chi connectivity index (χ3n) is 3.46. The van der Waals surface area contributed by atoms with Gasteiger partial charge in [-0.1, -0.05) is 0 Å². The minimum Gasteiger partial charge on any atom is -0.342 e. The van der Waals surface area contributed by atoms with Crippen molar-refractivity contribution in [1.82, 2.24) is 14.8 Å². The van der Waals surface area contributed by atoms with Crippen LogP contribution in [0.1, 0.15) is 30.8 Å². The fourth-order valence-corrected chi connectivity index (χ4v) is 2.04. The predicted molar refractivity (Wildman–Crippen MR) is 74.5 cm³/mol. The van der Waals surface area contributed by atoms with Crippen LogP contribution in [0.5, 0.6) is 0 Å². The van der Waals surface area contributed by atoms with Gasteiger partial charge in [-0.15, -0.1) is 0 Å². The molecule has 104 valence electrons. The average Bonchev–Trinajstić information content (AvgIpc) is 2.68. The van der Waals surface area contributed by atoms with Crippen LogP contribution in [-0.4, -0.2) is 35.0 Å². The van der Waals surface area contributed by atoms with Crippen molar-refractivity contribution in [3.63, 3.8) is 0 Å². The van der Waals surface area contributed by atoms with Gasteiger partial charge in [-0.25, -0.2) is 0 Å². The summed E-state index contributed by atoms with van der Waals surface area (Å²) in [5, 5.41) is 12.1. The van der Waals surface area contributed by atoms with Crippen LogP contribution in [-0.2, 0) is 18.4 Å². The van der Waals surface area contributed by atoms with E-state index in [4.69, 9.17) is 5.26 Å². The largest absolute Gasteiger partial charge is 0.342 e. The van der Waals surface area contributed by atoms with Crippen molar-refractivity contribution in [3.8, 4) is 6.07 Å². The molecule has 1 rings (SSSR count). The zero-order chi connectivity index (χ0) is 14.4. The number of nitrogens with one attached hydrogen (secondary N) is 1. The Balaban J connectivity index is 2.55. The second-order valence-electron chi connectivity index (χ2n) is 4.48. The standard InChI is InChI=1S/C14H22N4O/c1-5-18(6-2)14(19)10-16-9-12-7-13(8-15)17(4)11(12)3/h7,16H,5-6,9-10H2,1-4H3. The summed E-state index contributed by atoms with van der Waals surface area (Å²) >= 11 is 0. The summed E-state index contributed by atoms with van der Waals surface area (Å²) in [6.45, 7) is 8.33. The molecule has 0 radical (unpaired) electrons. The topological polar surface area (TPSA) is 61.1 Å². The number of nitriles is 1. The van der Waals surface area contributed by atoms with Crippen molar-refractivity contribution in [2.75, 3.05) is 19.6 Å². The van der Waals surface area contributed by atoms with Crippen molar-refractivity contribution in [2.24, 2.45) is 7.05 Å². The molecule has 5 heteroatoms. The predicted octanol–water partition coefficient (Wildman–Crippen LogP) is 1.16. The summed E-state index contributed by atoms with van der Waals surface area (Å²) in [4.78, 5) is 13.6. The molecule has 1 amide bonds. The van der Waals surface area contributed by atoms with Gasteiger partial charge in [-0.05, 0) is 32.4 Å². The highest BCUT2D eigenvalue weighted by Crippen LogP contribution is 2.12. The molecule has 0 bridgehead atoms. The Morgan fingerprint density at radius 3 is 2.58 bits per heavy atom. The Labute approximate surface area is 114 Å². The first-order valence-corrected chi connectivity index (χ1v) is 6.58. The minimum absolute atomic E-state index is 0.110. The number of nitrogens with zero attached hydrogens (tertiary/aromatic N) is 3. The Bertz CT molecular complexity index is 480. The van der Waals surface area contributed by atoms with Gasteiger partial charge in [0.05, 0.1) is 6.54 Å². The van der Waals surface area contributed by atoms with E-state index in [0.29, 0.717) is 18.8 Å². The SMILES string of the molecule is CCN(CC)C(=O)CNCc1cc(C#N)n(C)c1C. The van der Waals surface area contributed by atoms with E-state index in [9.17, 15) is 4.79 Å². The average molecular weight is 262 g/mol. The number of aromatic nitrogens is 1. The van der Waals surface area contributed by atoms with Crippen molar-refractivity contribution >= 4 is 5.91 Å². The van der Waals surface area contributed by atoms with Gasteiger partial charge < -0.3 is 14.8 Å². The first kappa shape index (κ1) is 15.3. The van der Waals surface area contributed by atoms with Crippen LogP contribution < -0.4 is 5.32 Å². The molecule has 0 aliphatic carbocycles. The number of carbonyl (C=O) groups is 1. The first-order chi connectivity index (χ1) is 9.04. The Morgan fingerprint density at radius 1 is 1.47 bits per heavy atom. The lowest BCUT2D eigenvalue weighted by molar-refractivity contribution is -0.129. The number of hydrogen-bond acceptors (Lipinski definition) is 3. The summed E-state index contributed by atoms with van der Waals surface area (Å²) in [6.07, 6.45) is 0. The maximum atomic E-state index is 11.8. The highest BCUT2D eigenvalue weighted by molar-refractivity contribution is 5.78. The molecule has 1 aromatic rings. The molecule has 0 aliphatic heterocycles. The number of carbonyl (C=O) groups excluding carboxylic acids is 1. The molecule has 0 atom stereocenters. The lowest BCUT2D eigenvalue weighted by Crippen LogP contribution is -2.37. The molecule has 19 heavy (non-hydrogen) atoms. The first-order valence-electron chi connectivity index (χ1n) is 6.58. The molecule has 1 N–H and O–H groups in total. The molecule has 0 saturated carbocycles. The van der Waals surface area contributed by atoms with Gasteiger partial charge >= 0.3 is 0 Å². The molecule has 0 aromatic carbocycles.